The first-order chi connectivity index (χ1) is 10.7. The van der Waals surface area contributed by atoms with Crippen molar-refractivity contribution in [1.29, 1.82) is 0 Å². The molecule has 2 N–H and O–H groups in total. The highest BCUT2D eigenvalue weighted by Gasteiger charge is 2.31. The first-order valence-corrected chi connectivity index (χ1v) is 8.28. The fourth-order valence-electron chi connectivity index (χ4n) is 2.85. The molecule has 6 heteroatoms. The second-order valence-electron chi connectivity index (χ2n) is 6.25. The molecule has 2 aliphatic rings. The van der Waals surface area contributed by atoms with Crippen LogP contribution in [-0.2, 0) is 11.2 Å². The fraction of sp³-hybridized carbons (Fsp3) is 0.688. The van der Waals surface area contributed by atoms with Gasteiger partial charge in [0.1, 0.15) is 17.7 Å². The summed E-state index contributed by atoms with van der Waals surface area (Å²) in [6, 6.07) is 0.251. The van der Waals surface area contributed by atoms with Gasteiger partial charge in [0.2, 0.25) is 5.91 Å². The van der Waals surface area contributed by atoms with E-state index in [4.69, 9.17) is 0 Å². The number of aryl methyl sites for hydroxylation is 2. The van der Waals surface area contributed by atoms with Crippen LogP contribution in [0.1, 0.15) is 37.6 Å². The molecular weight excluding hydrogens is 278 g/mol. The lowest BCUT2D eigenvalue weighted by atomic mass is 10.1. The first-order valence-electron chi connectivity index (χ1n) is 8.28. The Morgan fingerprint density at radius 3 is 3.05 bits per heavy atom. The van der Waals surface area contributed by atoms with Crippen molar-refractivity contribution in [3.8, 4) is 0 Å². The molecule has 0 unspecified atom stereocenters. The van der Waals surface area contributed by atoms with E-state index in [1.807, 2.05) is 13.1 Å². The Balaban J connectivity index is 1.73. The molecule has 3 rings (SSSR count). The number of amides is 1. The molecule has 2 fully saturated rings. The van der Waals surface area contributed by atoms with Gasteiger partial charge in [-0.3, -0.25) is 4.79 Å². The molecular formula is C16H25N5O. The highest BCUT2D eigenvalue weighted by atomic mass is 16.2. The summed E-state index contributed by atoms with van der Waals surface area (Å²) >= 11 is 0. The Morgan fingerprint density at radius 2 is 2.32 bits per heavy atom. The number of hydrogen-bond acceptors (Lipinski definition) is 5. The molecule has 1 saturated carbocycles. The van der Waals surface area contributed by atoms with Crippen LogP contribution in [0, 0.1) is 6.92 Å². The topological polar surface area (TPSA) is 70.2 Å². The van der Waals surface area contributed by atoms with Crippen molar-refractivity contribution in [2.24, 2.45) is 0 Å². The summed E-state index contributed by atoms with van der Waals surface area (Å²) < 4.78 is 0. The average Bonchev–Trinajstić information content (AvgIpc) is 3.33. The third-order valence-corrected chi connectivity index (χ3v) is 4.20. The van der Waals surface area contributed by atoms with Crippen molar-refractivity contribution >= 4 is 11.7 Å². The van der Waals surface area contributed by atoms with Crippen molar-refractivity contribution in [3.63, 3.8) is 0 Å². The molecule has 1 atom stereocenters. The Morgan fingerprint density at radius 1 is 1.50 bits per heavy atom. The number of aromatic nitrogens is 2. The molecule has 1 saturated heterocycles. The van der Waals surface area contributed by atoms with E-state index in [0.717, 1.165) is 50.4 Å². The van der Waals surface area contributed by atoms with E-state index < -0.39 is 0 Å². The molecule has 0 spiro atoms. The SMILES string of the molecule is CCCc1cnc(C)nc1N1CCN[C@@H](C(=O)NC2CC2)C1. The summed E-state index contributed by atoms with van der Waals surface area (Å²) in [4.78, 5) is 23.5. The second-order valence-corrected chi connectivity index (χ2v) is 6.25. The second kappa shape index (κ2) is 6.60. The first kappa shape index (κ1) is 15.2. The predicted molar refractivity (Wildman–Crippen MR) is 85.9 cm³/mol. The van der Waals surface area contributed by atoms with Crippen LogP contribution in [0.5, 0.6) is 0 Å². The van der Waals surface area contributed by atoms with Crippen molar-refractivity contribution < 1.29 is 4.79 Å². The van der Waals surface area contributed by atoms with Gasteiger partial charge in [0, 0.05) is 37.4 Å². The van der Waals surface area contributed by atoms with Gasteiger partial charge in [-0.1, -0.05) is 13.3 Å². The molecule has 0 aromatic carbocycles. The molecule has 0 radical (unpaired) electrons. The Labute approximate surface area is 131 Å². The van der Waals surface area contributed by atoms with Crippen LogP contribution >= 0.6 is 0 Å². The third kappa shape index (κ3) is 3.55. The number of carbonyl (C=O) groups is 1. The number of carbonyl (C=O) groups excluding carboxylic acids is 1. The number of piperazine rings is 1. The molecule has 0 bridgehead atoms. The summed E-state index contributed by atoms with van der Waals surface area (Å²) in [5, 5.41) is 6.41. The van der Waals surface area contributed by atoms with Gasteiger partial charge in [-0.25, -0.2) is 9.97 Å². The summed E-state index contributed by atoms with van der Waals surface area (Å²) in [6.07, 6.45) is 6.21. The lowest BCUT2D eigenvalue weighted by Crippen LogP contribution is -2.57. The number of hydrogen-bond donors (Lipinski definition) is 2. The highest BCUT2D eigenvalue weighted by molar-refractivity contribution is 5.83. The van der Waals surface area contributed by atoms with Gasteiger partial charge >= 0.3 is 0 Å². The maximum Gasteiger partial charge on any atom is 0.239 e. The average molecular weight is 303 g/mol. The smallest absolute Gasteiger partial charge is 0.239 e. The van der Waals surface area contributed by atoms with E-state index >= 15 is 0 Å². The highest BCUT2D eigenvalue weighted by Crippen LogP contribution is 2.22. The van der Waals surface area contributed by atoms with Crippen molar-refractivity contribution in [2.75, 3.05) is 24.5 Å². The van der Waals surface area contributed by atoms with Crippen LogP contribution in [0.15, 0.2) is 6.20 Å². The van der Waals surface area contributed by atoms with Crippen molar-refractivity contribution in [2.45, 2.75) is 51.6 Å². The van der Waals surface area contributed by atoms with Crippen LogP contribution in [-0.4, -0.2) is 47.6 Å². The Kier molecular flexibility index (Phi) is 4.57. The van der Waals surface area contributed by atoms with E-state index in [0.29, 0.717) is 12.6 Å². The van der Waals surface area contributed by atoms with Crippen LogP contribution in [0.3, 0.4) is 0 Å². The molecule has 22 heavy (non-hydrogen) atoms. The number of rotatable bonds is 5. The molecule has 1 aromatic rings. The van der Waals surface area contributed by atoms with Gasteiger partial charge in [0.05, 0.1) is 0 Å². The standard InChI is InChI=1S/C16H25N5O/c1-3-4-12-9-18-11(2)19-15(12)21-8-7-17-14(10-21)16(22)20-13-5-6-13/h9,13-14,17H,3-8,10H2,1-2H3,(H,20,22)/t14-/m1/s1. The Bertz CT molecular complexity index is 543. The number of anilines is 1. The maximum absolute atomic E-state index is 12.3. The van der Waals surface area contributed by atoms with E-state index in [9.17, 15) is 4.79 Å². The third-order valence-electron chi connectivity index (χ3n) is 4.20. The molecule has 1 aliphatic heterocycles. The van der Waals surface area contributed by atoms with Crippen molar-refractivity contribution in [3.05, 3.63) is 17.6 Å². The Hall–Kier alpha value is -1.69. The van der Waals surface area contributed by atoms with Gasteiger partial charge in [-0.2, -0.15) is 0 Å². The minimum absolute atomic E-state index is 0.120. The van der Waals surface area contributed by atoms with Crippen LogP contribution in [0.4, 0.5) is 5.82 Å². The molecule has 1 amide bonds. The van der Waals surface area contributed by atoms with E-state index in [-0.39, 0.29) is 11.9 Å². The molecule has 6 nitrogen and oxygen atoms in total. The minimum Gasteiger partial charge on any atom is -0.353 e. The lowest BCUT2D eigenvalue weighted by Gasteiger charge is -2.34. The van der Waals surface area contributed by atoms with Gasteiger partial charge in [-0.15, -0.1) is 0 Å². The van der Waals surface area contributed by atoms with Crippen LogP contribution in [0.2, 0.25) is 0 Å². The van der Waals surface area contributed by atoms with Gasteiger partial charge in [0.25, 0.3) is 0 Å². The van der Waals surface area contributed by atoms with Gasteiger partial charge in [0.15, 0.2) is 0 Å². The van der Waals surface area contributed by atoms with Crippen LogP contribution < -0.4 is 15.5 Å². The fourth-order valence-corrected chi connectivity index (χ4v) is 2.85. The monoisotopic (exact) mass is 303 g/mol. The zero-order chi connectivity index (χ0) is 15.5. The molecule has 120 valence electrons. The van der Waals surface area contributed by atoms with E-state index in [1.165, 1.54) is 5.56 Å². The normalized spacial score (nSPS) is 21.7. The van der Waals surface area contributed by atoms with E-state index in [2.05, 4.69) is 32.4 Å². The molecule has 1 aromatic heterocycles. The zero-order valence-electron chi connectivity index (χ0n) is 13.4. The van der Waals surface area contributed by atoms with Crippen molar-refractivity contribution in [1.82, 2.24) is 20.6 Å². The van der Waals surface area contributed by atoms with E-state index in [1.54, 1.807) is 0 Å². The molecule has 2 heterocycles. The maximum atomic E-state index is 12.3. The summed E-state index contributed by atoms with van der Waals surface area (Å²) in [5.41, 5.74) is 1.18. The number of nitrogens with zero attached hydrogens (tertiary/aromatic N) is 3. The lowest BCUT2D eigenvalue weighted by molar-refractivity contribution is -0.123. The quantitative estimate of drug-likeness (QED) is 0.842. The summed E-state index contributed by atoms with van der Waals surface area (Å²) in [7, 11) is 0. The zero-order valence-corrected chi connectivity index (χ0v) is 13.4. The number of nitrogens with one attached hydrogen (secondary N) is 2. The summed E-state index contributed by atoms with van der Waals surface area (Å²) in [5.74, 6) is 1.91. The minimum atomic E-state index is -0.154. The van der Waals surface area contributed by atoms with Gasteiger partial charge in [-0.05, 0) is 26.2 Å². The van der Waals surface area contributed by atoms with Gasteiger partial charge < -0.3 is 15.5 Å². The predicted octanol–water partition coefficient (Wildman–Crippen LogP) is 0.794. The largest absolute Gasteiger partial charge is 0.353 e. The molecule has 1 aliphatic carbocycles. The summed E-state index contributed by atoms with van der Waals surface area (Å²) in [6.45, 7) is 6.43. The van der Waals surface area contributed by atoms with Crippen LogP contribution in [0.25, 0.3) is 0 Å².